The van der Waals surface area contributed by atoms with E-state index in [4.69, 9.17) is 9.72 Å². The van der Waals surface area contributed by atoms with Gasteiger partial charge in [-0.2, -0.15) is 0 Å². The number of amides is 1. The Bertz CT molecular complexity index is 1220. The molecule has 0 atom stereocenters. The third kappa shape index (κ3) is 4.50. The van der Waals surface area contributed by atoms with Gasteiger partial charge in [0, 0.05) is 31.5 Å². The summed E-state index contributed by atoms with van der Waals surface area (Å²) in [5.74, 6) is 1.40. The van der Waals surface area contributed by atoms with Crippen molar-refractivity contribution in [3.05, 3.63) is 83.8 Å². The van der Waals surface area contributed by atoms with E-state index in [1.54, 1.807) is 13.3 Å². The number of carbonyl (C=O) groups excluding carboxylic acids is 1. The van der Waals surface area contributed by atoms with Crippen molar-refractivity contribution in [2.45, 2.75) is 13.1 Å². The van der Waals surface area contributed by atoms with Crippen LogP contribution in [-0.2, 0) is 13.1 Å². The topological polar surface area (TPSA) is 72.3 Å². The van der Waals surface area contributed by atoms with Crippen LogP contribution in [0.2, 0.25) is 0 Å². The van der Waals surface area contributed by atoms with Gasteiger partial charge in [-0.15, -0.1) is 0 Å². The molecule has 0 aliphatic heterocycles. The fourth-order valence-electron chi connectivity index (χ4n) is 3.45. The predicted molar refractivity (Wildman–Crippen MR) is 122 cm³/mol. The third-order valence-corrected chi connectivity index (χ3v) is 5.09. The maximum Gasteiger partial charge on any atom is 0.251 e. The highest BCUT2D eigenvalue weighted by molar-refractivity contribution is 5.95. The molecule has 4 aromatic rings. The molecule has 0 radical (unpaired) electrons. The maximum absolute atomic E-state index is 12.8. The van der Waals surface area contributed by atoms with Crippen molar-refractivity contribution >= 4 is 22.8 Å². The summed E-state index contributed by atoms with van der Waals surface area (Å²) in [6.07, 6.45) is 1.75. The van der Waals surface area contributed by atoms with E-state index < -0.39 is 0 Å². The number of rotatable bonds is 7. The van der Waals surface area contributed by atoms with E-state index in [-0.39, 0.29) is 5.91 Å². The Hall–Kier alpha value is -3.87. The summed E-state index contributed by atoms with van der Waals surface area (Å²) in [6.45, 7) is 0.872. The van der Waals surface area contributed by atoms with Crippen molar-refractivity contribution in [1.82, 2.24) is 19.9 Å². The largest absolute Gasteiger partial charge is 0.497 e. The summed E-state index contributed by atoms with van der Waals surface area (Å²) < 4.78 is 7.37. The molecule has 158 valence electrons. The van der Waals surface area contributed by atoms with Crippen molar-refractivity contribution in [1.29, 1.82) is 0 Å². The van der Waals surface area contributed by atoms with Crippen molar-refractivity contribution in [2.75, 3.05) is 26.1 Å². The Morgan fingerprint density at radius 1 is 1.10 bits per heavy atom. The molecule has 0 bridgehead atoms. The number of carbonyl (C=O) groups is 1. The quantitative estimate of drug-likeness (QED) is 0.500. The number of ether oxygens (including phenoxy) is 1. The molecular weight excluding hydrogens is 390 g/mol. The van der Waals surface area contributed by atoms with Gasteiger partial charge in [0.05, 0.1) is 20.2 Å². The van der Waals surface area contributed by atoms with Gasteiger partial charge in [0.1, 0.15) is 17.1 Å². The first-order chi connectivity index (χ1) is 15.0. The smallest absolute Gasteiger partial charge is 0.251 e. The van der Waals surface area contributed by atoms with Crippen molar-refractivity contribution in [3.8, 4) is 5.75 Å². The molecule has 0 fully saturated rings. The number of hydrogen-bond acceptors (Lipinski definition) is 5. The molecule has 1 amide bonds. The second kappa shape index (κ2) is 8.87. The van der Waals surface area contributed by atoms with Crippen LogP contribution in [0.3, 0.4) is 0 Å². The number of fused-ring (bicyclic) bond motifs is 1. The van der Waals surface area contributed by atoms with Crippen molar-refractivity contribution in [2.24, 2.45) is 0 Å². The molecule has 0 aliphatic rings. The molecular formula is C24H25N5O2. The number of aromatic nitrogens is 3. The fraction of sp³-hybridized carbons (Fsp3) is 0.208. The minimum atomic E-state index is -0.142. The highest BCUT2D eigenvalue weighted by Gasteiger charge is 2.14. The van der Waals surface area contributed by atoms with Gasteiger partial charge in [0.2, 0.25) is 0 Å². The summed E-state index contributed by atoms with van der Waals surface area (Å²) in [5.41, 5.74) is 4.23. The van der Waals surface area contributed by atoms with E-state index in [0.29, 0.717) is 18.7 Å². The van der Waals surface area contributed by atoms with Crippen LogP contribution in [0.25, 0.3) is 11.2 Å². The second-order valence-electron chi connectivity index (χ2n) is 7.44. The highest BCUT2D eigenvalue weighted by Crippen LogP contribution is 2.19. The van der Waals surface area contributed by atoms with Crippen molar-refractivity contribution in [3.63, 3.8) is 0 Å². The van der Waals surface area contributed by atoms with Crippen LogP contribution in [0.5, 0.6) is 5.75 Å². The van der Waals surface area contributed by atoms with E-state index in [2.05, 4.69) is 10.3 Å². The Balaban J connectivity index is 1.59. The molecule has 0 aliphatic carbocycles. The van der Waals surface area contributed by atoms with Gasteiger partial charge in [-0.05, 0) is 48.0 Å². The lowest BCUT2D eigenvalue weighted by Crippen LogP contribution is -2.25. The number of hydrogen-bond donors (Lipinski definition) is 1. The van der Waals surface area contributed by atoms with Gasteiger partial charge in [-0.1, -0.05) is 18.2 Å². The summed E-state index contributed by atoms with van der Waals surface area (Å²) in [5, 5.41) is 3.00. The first kappa shape index (κ1) is 20.4. The molecule has 31 heavy (non-hydrogen) atoms. The van der Waals surface area contributed by atoms with E-state index in [1.807, 2.05) is 84.2 Å². The third-order valence-electron chi connectivity index (χ3n) is 5.09. The number of nitrogens with zero attached hydrogens (tertiary/aromatic N) is 4. The van der Waals surface area contributed by atoms with Crippen LogP contribution in [0.4, 0.5) is 5.69 Å². The van der Waals surface area contributed by atoms with Gasteiger partial charge in [-0.3, -0.25) is 4.79 Å². The second-order valence-corrected chi connectivity index (χ2v) is 7.44. The average molecular weight is 415 g/mol. The molecule has 2 aromatic carbocycles. The summed E-state index contributed by atoms with van der Waals surface area (Å²) in [4.78, 5) is 23.9. The zero-order chi connectivity index (χ0) is 21.8. The minimum Gasteiger partial charge on any atom is -0.497 e. The Morgan fingerprint density at radius 2 is 1.94 bits per heavy atom. The lowest BCUT2D eigenvalue weighted by Gasteiger charge is -2.14. The number of nitrogens with one attached hydrogen (secondary N) is 1. The first-order valence-corrected chi connectivity index (χ1v) is 10.0. The molecule has 0 unspecified atom stereocenters. The van der Waals surface area contributed by atoms with Gasteiger partial charge in [0.25, 0.3) is 5.91 Å². The number of benzene rings is 2. The van der Waals surface area contributed by atoms with Crippen LogP contribution >= 0.6 is 0 Å². The summed E-state index contributed by atoms with van der Waals surface area (Å²) in [6, 6.07) is 19.2. The highest BCUT2D eigenvalue weighted by atomic mass is 16.5. The van der Waals surface area contributed by atoms with E-state index >= 15 is 0 Å². The zero-order valence-electron chi connectivity index (χ0n) is 17.9. The van der Waals surface area contributed by atoms with Gasteiger partial charge >= 0.3 is 0 Å². The molecule has 1 N–H and O–H groups in total. The lowest BCUT2D eigenvalue weighted by atomic mass is 10.2. The molecule has 0 saturated carbocycles. The fourth-order valence-corrected chi connectivity index (χ4v) is 3.45. The number of pyridine rings is 1. The van der Waals surface area contributed by atoms with Crippen LogP contribution in [0.1, 0.15) is 21.7 Å². The standard InChI is InChI=1S/C24H25N5O2/c1-28(2)19-9-5-8-18(14-19)24(30)26-15-22-27-21-11-6-12-25-23(21)29(22)16-17-7-4-10-20(13-17)31-3/h4-14H,15-16H2,1-3H3,(H,26,30). The summed E-state index contributed by atoms with van der Waals surface area (Å²) in [7, 11) is 5.55. The zero-order valence-corrected chi connectivity index (χ0v) is 17.9. The average Bonchev–Trinajstić information content (AvgIpc) is 3.15. The van der Waals surface area contributed by atoms with Gasteiger partial charge in [0.15, 0.2) is 5.65 Å². The monoisotopic (exact) mass is 415 g/mol. The van der Waals surface area contributed by atoms with Crippen molar-refractivity contribution < 1.29 is 9.53 Å². The van der Waals surface area contributed by atoms with Gasteiger partial charge < -0.3 is 19.5 Å². The molecule has 4 rings (SSSR count). The molecule has 2 aromatic heterocycles. The minimum absolute atomic E-state index is 0.142. The van der Waals surface area contributed by atoms with E-state index in [9.17, 15) is 4.79 Å². The van der Waals surface area contributed by atoms with Crippen LogP contribution in [-0.4, -0.2) is 41.6 Å². The van der Waals surface area contributed by atoms with Crippen LogP contribution in [0.15, 0.2) is 66.9 Å². The number of anilines is 1. The maximum atomic E-state index is 12.8. The molecule has 7 nitrogen and oxygen atoms in total. The Labute approximate surface area is 181 Å². The van der Waals surface area contributed by atoms with Crippen LogP contribution < -0.4 is 15.0 Å². The van der Waals surface area contributed by atoms with Crippen LogP contribution in [0, 0.1) is 0 Å². The molecule has 2 heterocycles. The van der Waals surface area contributed by atoms with Gasteiger partial charge in [-0.25, -0.2) is 9.97 Å². The normalized spacial score (nSPS) is 10.8. The van der Waals surface area contributed by atoms with E-state index in [0.717, 1.165) is 34.0 Å². The van der Waals surface area contributed by atoms with E-state index in [1.165, 1.54) is 0 Å². The molecule has 0 saturated heterocycles. The number of methoxy groups -OCH3 is 1. The first-order valence-electron chi connectivity index (χ1n) is 10.0. The Kier molecular flexibility index (Phi) is 5.84. The summed E-state index contributed by atoms with van der Waals surface area (Å²) >= 11 is 0. The predicted octanol–water partition coefficient (Wildman–Crippen LogP) is 3.48. The lowest BCUT2D eigenvalue weighted by molar-refractivity contribution is 0.0949. The number of imidazole rings is 1. The molecule has 7 heteroatoms. The molecule has 0 spiro atoms. The Morgan fingerprint density at radius 3 is 2.74 bits per heavy atom. The SMILES string of the molecule is COc1cccc(Cn2c(CNC(=O)c3cccc(N(C)C)c3)nc3cccnc32)c1.